The summed E-state index contributed by atoms with van der Waals surface area (Å²) in [5.74, 6) is 0. The lowest BCUT2D eigenvalue weighted by atomic mass is 9.96. The highest BCUT2D eigenvalue weighted by atomic mass is 35.5. The monoisotopic (exact) mass is 264 g/mol. The Hall–Kier alpha value is -1.32. The third-order valence-electron chi connectivity index (χ3n) is 2.91. The van der Waals surface area contributed by atoms with Crippen molar-refractivity contribution in [2.24, 2.45) is 12.8 Å². The summed E-state index contributed by atoms with van der Waals surface area (Å²) in [4.78, 5) is 12.2. The van der Waals surface area contributed by atoms with E-state index in [1.807, 2.05) is 32.0 Å². The quantitative estimate of drug-likeness (QED) is 0.906. The highest BCUT2D eigenvalue weighted by molar-refractivity contribution is 6.31. The van der Waals surface area contributed by atoms with Gasteiger partial charge in [-0.25, -0.2) is 0 Å². The predicted octanol–water partition coefficient (Wildman–Crippen LogP) is 2.47. The molecule has 1 aromatic carbocycles. The lowest BCUT2D eigenvalue weighted by Crippen LogP contribution is -2.37. The lowest BCUT2D eigenvalue weighted by Gasteiger charge is -2.19. The summed E-state index contributed by atoms with van der Waals surface area (Å²) in [5.41, 5.74) is 7.15. The molecule has 1 heterocycles. The zero-order valence-electron chi connectivity index (χ0n) is 10.8. The Kier molecular flexibility index (Phi) is 3.21. The van der Waals surface area contributed by atoms with Crippen LogP contribution in [0.5, 0.6) is 0 Å². The van der Waals surface area contributed by atoms with Crippen LogP contribution in [-0.2, 0) is 13.5 Å². The molecule has 2 aromatic rings. The number of benzene rings is 1. The van der Waals surface area contributed by atoms with Crippen LogP contribution < -0.4 is 11.3 Å². The van der Waals surface area contributed by atoms with Gasteiger partial charge in [0.1, 0.15) is 0 Å². The first kappa shape index (κ1) is 13.1. The normalized spacial score (nSPS) is 12.1. The van der Waals surface area contributed by atoms with E-state index in [0.717, 1.165) is 16.5 Å². The second kappa shape index (κ2) is 4.41. The molecule has 0 aliphatic carbocycles. The van der Waals surface area contributed by atoms with Crippen LogP contribution in [0.3, 0.4) is 0 Å². The molecule has 18 heavy (non-hydrogen) atoms. The number of pyridine rings is 1. The van der Waals surface area contributed by atoms with E-state index in [1.165, 1.54) is 0 Å². The van der Waals surface area contributed by atoms with Gasteiger partial charge in [-0.3, -0.25) is 4.79 Å². The number of rotatable bonds is 2. The molecule has 0 aliphatic rings. The van der Waals surface area contributed by atoms with Gasteiger partial charge in [-0.1, -0.05) is 17.7 Å². The van der Waals surface area contributed by atoms with Crippen molar-refractivity contribution in [2.75, 3.05) is 0 Å². The number of aryl methyl sites for hydroxylation is 1. The molecule has 0 unspecified atom stereocenters. The van der Waals surface area contributed by atoms with Gasteiger partial charge in [0, 0.05) is 23.2 Å². The Labute approximate surface area is 111 Å². The molecule has 0 aliphatic heterocycles. The molecule has 0 fully saturated rings. The fourth-order valence-electron chi connectivity index (χ4n) is 2.12. The minimum Gasteiger partial charge on any atom is -0.325 e. The maximum Gasteiger partial charge on any atom is 0.254 e. The Morgan fingerprint density at radius 2 is 2.00 bits per heavy atom. The zero-order valence-corrected chi connectivity index (χ0v) is 11.6. The van der Waals surface area contributed by atoms with Gasteiger partial charge < -0.3 is 10.3 Å². The molecule has 0 bridgehead atoms. The third-order valence-corrected chi connectivity index (χ3v) is 3.14. The van der Waals surface area contributed by atoms with E-state index in [1.54, 1.807) is 17.7 Å². The van der Waals surface area contributed by atoms with Crippen molar-refractivity contribution < 1.29 is 0 Å². The van der Waals surface area contributed by atoms with Crippen LogP contribution in [0.25, 0.3) is 10.9 Å². The Morgan fingerprint density at radius 3 is 2.61 bits per heavy atom. The van der Waals surface area contributed by atoms with Crippen LogP contribution in [0.4, 0.5) is 0 Å². The van der Waals surface area contributed by atoms with Crippen molar-refractivity contribution in [3.05, 3.63) is 45.2 Å². The molecule has 4 heteroatoms. The molecule has 0 atom stereocenters. The standard InChI is InChI=1S/C14H17ClN2O/c1-14(2,16)8-10-6-9-4-5-11(15)7-12(9)17(3)13(10)18/h4-7H,8,16H2,1-3H3. The average Bonchev–Trinajstić information content (AvgIpc) is 2.25. The van der Waals surface area contributed by atoms with Crippen LogP contribution in [0.1, 0.15) is 19.4 Å². The van der Waals surface area contributed by atoms with Gasteiger partial charge in [0.05, 0.1) is 5.52 Å². The van der Waals surface area contributed by atoms with Gasteiger partial charge in [-0.2, -0.15) is 0 Å². The molecule has 0 saturated heterocycles. The van der Waals surface area contributed by atoms with E-state index in [0.29, 0.717) is 11.4 Å². The molecule has 96 valence electrons. The van der Waals surface area contributed by atoms with Gasteiger partial charge in [0.15, 0.2) is 0 Å². The molecule has 2 rings (SSSR count). The Bertz CT molecular complexity index is 653. The fourth-order valence-corrected chi connectivity index (χ4v) is 2.29. The van der Waals surface area contributed by atoms with Crippen LogP contribution in [-0.4, -0.2) is 10.1 Å². The highest BCUT2D eigenvalue weighted by Gasteiger charge is 2.16. The van der Waals surface area contributed by atoms with E-state index >= 15 is 0 Å². The van der Waals surface area contributed by atoms with Crippen LogP contribution in [0, 0.1) is 0 Å². The largest absolute Gasteiger partial charge is 0.325 e. The van der Waals surface area contributed by atoms with Crippen molar-refractivity contribution in [2.45, 2.75) is 25.8 Å². The van der Waals surface area contributed by atoms with E-state index in [9.17, 15) is 4.79 Å². The lowest BCUT2D eigenvalue weighted by molar-refractivity contribution is 0.513. The number of hydrogen-bond acceptors (Lipinski definition) is 2. The Morgan fingerprint density at radius 1 is 1.33 bits per heavy atom. The second-order valence-corrected chi connectivity index (χ2v) is 5.84. The molecule has 3 nitrogen and oxygen atoms in total. The van der Waals surface area contributed by atoms with Gasteiger partial charge in [-0.05, 0) is 43.9 Å². The molecule has 0 saturated carbocycles. The first-order valence-corrected chi connectivity index (χ1v) is 6.23. The van der Waals surface area contributed by atoms with Crippen LogP contribution >= 0.6 is 11.6 Å². The third kappa shape index (κ3) is 2.57. The molecule has 1 aromatic heterocycles. The summed E-state index contributed by atoms with van der Waals surface area (Å²) in [5, 5.41) is 1.63. The zero-order chi connectivity index (χ0) is 13.5. The number of hydrogen-bond donors (Lipinski definition) is 1. The van der Waals surface area contributed by atoms with Crippen molar-refractivity contribution in [1.82, 2.24) is 4.57 Å². The van der Waals surface area contributed by atoms with E-state index in [-0.39, 0.29) is 5.56 Å². The smallest absolute Gasteiger partial charge is 0.254 e. The SMILES string of the molecule is Cn1c(=O)c(CC(C)(C)N)cc2ccc(Cl)cc21. The van der Waals surface area contributed by atoms with Gasteiger partial charge >= 0.3 is 0 Å². The highest BCUT2D eigenvalue weighted by Crippen LogP contribution is 2.19. The number of halogens is 1. The minimum absolute atomic E-state index is 0.0108. The predicted molar refractivity (Wildman–Crippen MR) is 76.2 cm³/mol. The Balaban J connectivity index is 2.68. The van der Waals surface area contributed by atoms with E-state index < -0.39 is 5.54 Å². The van der Waals surface area contributed by atoms with Gasteiger partial charge in [0.2, 0.25) is 0 Å². The molecule has 0 radical (unpaired) electrons. The number of aromatic nitrogens is 1. The molecule has 2 N–H and O–H groups in total. The number of fused-ring (bicyclic) bond motifs is 1. The number of nitrogens with zero attached hydrogens (tertiary/aromatic N) is 1. The van der Waals surface area contributed by atoms with Crippen LogP contribution in [0.2, 0.25) is 5.02 Å². The van der Waals surface area contributed by atoms with Crippen molar-refractivity contribution >= 4 is 22.5 Å². The number of nitrogens with two attached hydrogens (primary N) is 1. The van der Waals surface area contributed by atoms with Crippen molar-refractivity contribution in [3.63, 3.8) is 0 Å². The summed E-state index contributed by atoms with van der Waals surface area (Å²) in [6.45, 7) is 3.83. The topological polar surface area (TPSA) is 48.0 Å². The first-order valence-electron chi connectivity index (χ1n) is 5.85. The minimum atomic E-state index is -0.397. The second-order valence-electron chi connectivity index (χ2n) is 5.40. The van der Waals surface area contributed by atoms with E-state index in [2.05, 4.69) is 0 Å². The average molecular weight is 265 g/mol. The molecular formula is C14H17ClN2O. The fraction of sp³-hybridized carbons (Fsp3) is 0.357. The molecule has 0 amide bonds. The van der Waals surface area contributed by atoms with Gasteiger partial charge in [0.25, 0.3) is 5.56 Å². The maximum absolute atomic E-state index is 12.2. The maximum atomic E-state index is 12.2. The van der Waals surface area contributed by atoms with E-state index in [4.69, 9.17) is 17.3 Å². The molecule has 0 spiro atoms. The van der Waals surface area contributed by atoms with Crippen molar-refractivity contribution in [3.8, 4) is 0 Å². The summed E-state index contributed by atoms with van der Waals surface area (Å²) in [6.07, 6.45) is 0.554. The molecular weight excluding hydrogens is 248 g/mol. The van der Waals surface area contributed by atoms with Crippen molar-refractivity contribution in [1.29, 1.82) is 0 Å². The summed E-state index contributed by atoms with van der Waals surface area (Å²) in [6, 6.07) is 7.45. The summed E-state index contributed by atoms with van der Waals surface area (Å²) < 4.78 is 1.63. The van der Waals surface area contributed by atoms with Crippen LogP contribution in [0.15, 0.2) is 29.1 Å². The van der Waals surface area contributed by atoms with Gasteiger partial charge in [-0.15, -0.1) is 0 Å². The first-order chi connectivity index (χ1) is 8.28. The summed E-state index contributed by atoms with van der Waals surface area (Å²) >= 11 is 5.95. The summed E-state index contributed by atoms with van der Waals surface area (Å²) in [7, 11) is 1.76.